The first-order chi connectivity index (χ1) is 30.0. The third-order valence-electron chi connectivity index (χ3n) is 19.0. The first-order valence-electron chi connectivity index (χ1n) is 23.5. The average molecular weight is 1850 g/mol. The maximum Gasteiger partial charge on any atom is 0.174 e. The van der Waals surface area contributed by atoms with Crippen LogP contribution in [0, 0.1) is 222 Å². The molecule has 18 atom stereocenters. The molecule has 4 radical (unpaired) electrons. The number of ketones is 2. The summed E-state index contributed by atoms with van der Waals surface area (Å²) in [5.41, 5.74) is -8.90. The number of carbonyl (C=O) groups excluding carboxylic acids is 2. The monoisotopic (exact) mass is 1840 g/mol. The second-order valence-corrected chi connectivity index (χ2v) is 23.0. The minimum Gasteiger partial charge on any atom is -0.502 e. The van der Waals surface area contributed by atoms with E-state index in [1.165, 1.54) is 7.11 Å². The molecule has 16 nitrogen and oxygen atoms in total. The molecular weight excluding hydrogens is 1760 g/mol. The number of allylic oxidation sites excluding steroid dienone is 1. The molecule has 70 heavy (non-hydrogen) atoms. The van der Waals surface area contributed by atoms with Gasteiger partial charge in [0.05, 0.1) is 84.7 Å². The van der Waals surface area contributed by atoms with Crippen molar-refractivity contribution in [3.05, 3.63) is 34.6 Å². The Morgan fingerprint density at radius 2 is 1.00 bits per heavy atom. The molecule has 4 saturated carbocycles. The molecule has 4 bridgehead atoms. The minimum atomic E-state index is -1.58. The summed E-state index contributed by atoms with van der Waals surface area (Å²) in [7, 11) is 3.11. The number of carbonyl (C=O) groups is 2. The molecule has 0 aromatic heterocycles. The SMILES string of the molecule is C=C(C)OC.CC1=C2C(O)C(=O)[C@]3(C)C(O)CC4OC[C@@]4(O)C3C(C)C(O)(CC1O)C2(C)C.COC(C)(C)OC1CC2OC[C@@]2(O)C2C(C)C3(O)CC(O)C(C)=C(C(O)C(=O)[C@]12C)C3(C)C.[Ac].[Ac].[Ac].[Ac]. The van der Waals surface area contributed by atoms with Gasteiger partial charge in [-0.2, -0.15) is 0 Å². The van der Waals surface area contributed by atoms with Crippen molar-refractivity contribution >= 4 is 11.6 Å². The topological polar surface area (TPSA) is 262 Å². The van der Waals surface area contributed by atoms with E-state index in [-0.39, 0.29) is 215 Å². The fourth-order valence-electron chi connectivity index (χ4n) is 14.5. The van der Waals surface area contributed by atoms with Crippen LogP contribution in [0.25, 0.3) is 0 Å². The number of ether oxygens (including phenoxy) is 5. The number of rotatable bonds is 4. The summed E-state index contributed by atoms with van der Waals surface area (Å²) < 4.78 is 27.6. The van der Waals surface area contributed by atoms with Crippen molar-refractivity contribution in [2.75, 3.05) is 27.4 Å². The summed E-state index contributed by atoms with van der Waals surface area (Å²) in [6.07, 6.45) is -7.76. The maximum absolute atomic E-state index is 14.2. The van der Waals surface area contributed by atoms with Crippen molar-refractivity contribution in [3.8, 4) is 0 Å². The number of aliphatic hydroxyl groups is 9. The van der Waals surface area contributed by atoms with Gasteiger partial charge in [0.1, 0.15) is 23.4 Å². The summed E-state index contributed by atoms with van der Waals surface area (Å²) in [6.45, 7) is 26.2. The first kappa shape index (κ1) is 69.7. The molecule has 2 saturated heterocycles. The Balaban J connectivity index is 0.000000420. The molecule has 0 amide bonds. The fraction of sp³-hybridized carbons (Fsp3) is 0.840. The third-order valence-corrected chi connectivity index (χ3v) is 19.0. The second-order valence-electron chi connectivity index (χ2n) is 23.0. The van der Waals surface area contributed by atoms with E-state index in [0.29, 0.717) is 22.3 Å². The van der Waals surface area contributed by atoms with Crippen molar-refractivity contribution < 1.29 is 255 Å². The molecule has 0 spiro atoms. The number of hydrogen-bond donors (Lipinski definition) is 9. The smallest absolute Gasteiger partial charge is 0.174 e. The van der Waals surface area contributed by atoms with Gasteiger partial charge in [-0.05, 0) is 82.6 Å². The summed E-state index contributed by atoms with van der Waals surface area (Å²) in [5.74, 6) is -4.21. The molecule has 20 heteroatoms. The van der Waals surface area contributed by atoms with Gasteiger partial charge in [0.25, 0.3) is 0 Å². The summed E-state index contributed by atoms with van der Waals surface area (Å²) in [6, 6.07) is 0. The molecular formula is C50H80Ac4O16. The van der Waals surface area contributed by atoms with Gasteiger partial charge >= 0.3 is 0 Å². The van der Waals surface area contributed by atoms with Gasteiger partial charge in [-0.3, -0.25) is 9.59 Å². The van der Waals surface area contributed by atoms with E-state index in [2.05, 4.69) is 11.3 Å². The Morgan fingerprint density at radius 1 is 0.657 bits per heavy atom. The quantitative estimate of drug-likeness (QED) is 0.111. The third kappa shape index (κ3) is 10.4. The van der Waals surface area contributed by atoms with Crippen LogP contribution in [0.15, 0.2) is 34.6 Å². The molecule has 14 unspecified atom stereocenters. The molecule has 6 fully saturated rings. The fourth-order valence-corrected chi connectivity index (χ4v) is 14.5. The van der Waals surface area contributed by atoms with Gasteiger partial charge in [-0.1, -0.05) is 48.1 Å². The zero-order chi connectivity index (χ0) is 50.2. The molecule has 2 aliphatic heterocycles. The largest absolute Gasteiger partial charge is 0.502 e. The van der Waals surface area contributed by atoms with Gasteiger partial charge < -0.3 is 69.6 Å². The van der Waals surface area contributed by atoms with Crippen LogP contribution in [0.5, 0.6) is 0 Å². The van der Waals surface area contributed by atoms with E-state index >= 15 is 0 Å². The molecule has 6 aliphatic carbocycles. The van der Waals surface area contributed by atoms with Crippen molar-refractivity contribution in [3.63, 3.8) is 0 Å². The Bertz CT molecular complexity index is 2050. The van der Waals surface area contributed by atoms with Crippen molar-refractivity contribution in [2.24, 2.45) is 45.3 Å². The molecule has 9 N–H and O–H groups in total. The van der Waals surface area contributed by atoms with E-state index in [1.807, 2.05) is 6.92 Å². The van der Waals surface area contributed by atoms with Crippen LogP contribution in [0.4, 0.5) is 0 Å². The van der Waals surface area contributed by atoms with E-state index < -0.39 is 134 Å². The van der Waals surface area contributed by atoms with Crippen LogP contribution in [0.1, 0.15) is 116 Å². The number of Topliss-reactive ketones (excluding diaryl/α,β-unsaturated/α-hetero) is 2. The van der Waals surface area contributed by atoms with Crippen LogP contribution in [-0.4, -0.2) is 162 Å². The summed E-state index contributed by atoms with van der Waals surface area (Å²) >= 11 is 0. The van der Waals surface area contributed by atoms with Crippen molar-refractivity contribution in [1.82, 2.24) is 0 Å². The minimum absolute atomic E-state index is 0. The number of fused-ring (bicyclic) bond motifs is 10. The maximum atomic E-state index is 14.2. The Morgan fingerprint density at radius 3 is 1.33 bits per heavy atom. The molecule has 388 valence electrons. The Hall–Kier alpha value is 3.61. The standard InChI is InChI=1S/C25H40O8.C21H32O7.C4H8O.4Ac/c1-12-14(26)10-25(30)13(2)19-23(7,20(28)18(27)17(12)21(25,3)4)15(33-22(5,6)31-8)9-16-24(19,29)11-32-16;1-9-11(22)7-21(27)10(2)16-19(5,12(23)6-13-20(16,26)8-28-13)17(25)15(24)14(9)18(21,3)4;1-4(2)5-3;;;;/h13-16,18-19,26-27,29-30H,9-11H2,1-8H3;10-13,15-16,22-24,26-27H,6-8H2,1-5H3;1H2,2-3H3;;;;/t13?,14?,15?,16?,18?,19?,23-,24+,25?;10?,11?,12?,13?,15?,16?,19-,20+,21?;;;;;/m11...../s1. The molecule has 8 rings (SSSR count). The predicted octanol–water partition coefficient (Wildman–Crippen LogP) is 2.42. The zero-order valence-electron chi connectivity index (χ0n) is 44.1. The van der Waals surface area contributed by atoms with E-state index in [9.17, 15) is 55.5 Å². The van der Waals surface area contributed by atoms with Crippen LogP contribution in [-0.2, 0) is 33.3 Å². The Kier molecular flexibility index (Phi) is 23.5. The van der Waals surface area contributed by atoms with Gasteiger partial charge in [-0.25, -0.2) is 0 Å². The van der Waals surface area contributed by atoms with E-state index in [4.69, 9.17) is 18.9 Å². The summed E-state index contributed by atoms with van der Waals surface area (Å²) in [5, 5.41) is 103. The van der Waals surface area contributed by atoms with Gasteiger partial charge in [0.15, 0.2) is 17.4 Å². The van der Waals surface area contributed by atoms with Gasteiger partial charge in [-0.15, -0.1) is 0 Å². The predicted molar refractivity (Wildman–Crippen MR) is 240 cm³/mol. The number of hydrogen-bond acceptors (Lipinski definition) is 16. The van der Waals surface area contributed by atoms with Crippen molar-refractivity contribution in [1.29, 1.82) is 0 Å². The second kappa shape index (κ2) is 23.6. The normalized spacial score (nSPS) is 46.1. The molecule has 0 aromatic carbocycles. The van der Waals surface area contributed by atoms with Crippen LogP contribution in [0.2, 0.25) is 0 Å². The molecule has 8 aliphatic rings. The average Bonchev–Trinajstić information content (AvgIpc) is 3.22. The zero-order valence-corrected chi connectivity index (χ0v) is 63.1. The van der Waals surface area contributed by atoms with E-state index in [1.54, 1.807) is 90.2 Å². The molecule has 0 aromatic rings. The van der Waals surface area contributed by atoms with Gasteiger partial charge in [0, 0.05) is 232 Å². The number of methoxy groups -OCH3 is 2. The van der Waals surface area contributed by atoms with Crippen LogP contribution >= 0.6 is 0 Å². The Labute approximate surface area is 558 Å². The van der Waals surface area contributed by atoms with Crippen LogP contribution in [0.3, 0.4) is 0 Å². The van der Waals surface area contributed by atoms with Crippen LogP contribution < -0.4 is 0 Å². The number of aliphatic hydroxyl groups excluding tert-OH is 5. The summed E-state index contributed by atoms with van der Waals surface area (Å²) in [4.78, 5) is 27.8. The molecule has 2 heterocycles. The first-order valence-corrected chi connectivity index (χ1v) is 23.5. The van der Waals surface area contributed by atoms with E-state index in [0.717, 1.165) is 5.76 Å². The van der Waals surface area contributed by atoms with Gasteiger partial charge in [0.2, 0.25) is 0 Å². The van der Waals surface area contributed by atoms with Crippen molar-refractivity contribution in [2.45, 2.75) is 193 Å².